The molecule has 2 N–H and O–H groups in total. The van der Waals surface area contributed by atoms with Gasteiger partial charge in [-0.3, -0.25) is 4.99 Å². The lowest BCUT2D eigenvalue weighted by atomic mass is 9.96. The standard InChI is InChI=1S/C16H33N3O2/c1-3-4-11-20-13-14-21-12-10-18-16(17-2)19-15-8-6-5-7-9-15/h15H,3-14H2,1-2H3,(H2,17,18,19). The fraction of sp³-hybridized carbons (Fsp3) is 0.938. The zero-order valence-corrected chi connectivity index (χ0v) is 13.8. The molecule has 0 unspecified atom stereocenters. The van der Waals surface area contributed by atoms with E-state index in [0.717, 1.165) is 25.5 Å². The van der Waals surface area contributed by atoms with Crippen LogP contribution < -0.4 is 10.6 Å². The Morgan fingerprint density at radius 3 is 2.43 bits per heavy atom. The molecule has 1 rings (SSSR count). The van der Waals surface area contributed by atoms with Crippen LogP contribution in [0.1, 0.15) is 51.9 Å². The van der Waals surface area contributed by atoms with Gasteiger partial charge in [-0.25, -0.2) is 0 Å². The minimum Gasteiger partial charge on any atom is -0.379 e. The topological polar surface area (TPSA) is 54.9 Å². The molecule has 1 fully saturated rings. The van der Waals surface area contributed by atoms with Gasteiger partial charge in [0.05, 0.1) is 19.8 Å². The van der Waals surface area contributed by atoms with Crippen LogP contribution in [0.15, 0.2) is 4.99 Å². The Hall–Kier alpha value is -0.810. The second-order valence-electron chi connectivity index (χ2n) is 5.56. The van der Waals surface area contributed by atoms with Gasteiger partial charge >= 0.3 is 0 Å². The number of aliphatic imine (C=N–C) groups is 1. The summed E-state index contributed by atoms with van der Waals surface area (Å²) in [5, 5.41) is 6.79. The first-order valence-electron chi connectivity index (χ1n) is 8.49. The quantitative estimate of drug-likeness (QED) is 0.369. The van der Waals surface area contributed by atoms with Gasteiger partial charge in [0.25, 0.3) is 0 Å². The molecule has 0 aliphatic heterocycles. The molecule has 0 saturated heterocycles. The van der Waals surface area contributed by atoms with E-state index in [0.29, 0.717) is 25.9 Å². The summed E-state index contributed by atoms with van der Waals surface area (Å²) >= 11 is 0. The van der Waals surface area contributed by atoms with Crippen molar-refractivity contribution < 1.29 is 9.47 Å². The fourth-order valence-corrected chi connectivity index (χ4v) is 2.44. The van der Waals surface area contributed by atoms with Crippen LogP contribution in [-0.4, -0.2) is 52.0 Å². The molecular formula is C16H33N3O2. The van der Waals surface area contributed by atoms with E-state index in [1.54, 1.807) is 0 Å². The SMILES string of the molecule is CCCCOCCOCCNC(=NC)NC1CCCCC1. The van der Waals surface area contributed by atoms with E-state index >= 15 is 0 Å². The van der Waals surface area contributed by atoms with Crippen molar-refractivity contribution in [2.75, 3.05) is 40.0 Å². The highest BCUT2D eigenvalue weighted by molar-refractivity contribution is 5.79. The summed E-state index contributed by atoms with van der Waals surface area (Å²) in [5.41, 5.74) is 0. The number of unbranched alkanes of at least 4 members (excludes halogenated alkanes) is 1. The number of ether oxygens (including phenoxy) is 2. The van der Waals surface area contributed by atoms with E-state index in [2.05, 4.69) is 22.5 Å². The lowest BCUT2D eigenvalue weighted by Gasteiger charge is -2.24. The molecule has 5 nitrogen and oxygen atoms in total. The van der Waals surface area contributed by atoms with Crippen LogP contribution in [0, 0.1) is 0 Å². The predicted molar refractivity (Wildman–Crippen MR) is 87.9 cm³/mol. The maximum absolute atomic E-state index is 5.53. The zero-order valence-electron chi connectivity index (χ0n) is 13.8. The largest absolute Gasteiger partial charge is 0.379 e. The summed E-state index contributed by atoms with van der Waals surface area (Å²) in [4.78, 5) is 4.26. The molecule has 0 aromatic rings. The van der Waals surface area contributed by atoms with E-state index in [9.17, 15) is 0 Å². The lowest BCUT2D eigenvalue weighted by Crippen LogP contribution is -2.45. The lowest BCUT2D eigenvalue weighted by molar-refractivity contribution is 0.0487. The van der Waals surface area contributed by atoms with Crippen molar-refractivity contribution in [3.05, 3.63) is 0 Å². The van der Waals surface area contributed by atoms with Gasteiger partial charge in [-0.1, -0.05) is 32.6 Å². The monoisotopic (exact) mass is 299 g/mol. The molecule has 21 heavy (non-hydrogen) atoms. The van der Waals surface area contributed by atoms with Gasteiger partial charge < -0.3 is 20.1 Å². The predicted octanol–water partition coefficient (Wildman–Crippen LogP) is 2.32. The van der Waals surface area contributed by atoms with Crippen LogP contribution in [-0.2, 0) is 9.47 Å². The van der Waals surface area contributed by atoms with E-state index < -0.39 is 0 Å². The van der Waals surface area contributed by atoms with Crippen LogP contribution in [0.4, 0.5) is 0 Å². The van der Waals surface area contributed by atoms with Crippen LogP contribution in [0.2, 0.25) is 0 Å². The highest BCUT2D eigenvalue weighted by atomic mass is 16.5. The Kier molecular flexibility index (Phi) is 11.2. The van der Waals surface area contributed by atoms with Gasteiger partial charge in [0, 0.05) is 26.2 Å². The van der Waals surface area contributed by atoms with Crippen molar-refractivity contribution in [2.24, 2.45) is 4.99 Å². The molecule has 0 heterocycles. The van der Waals surface area contributed by atoms with Crippen molar-refractivity contribution in [3.63, 3.8) is 0 Å². The Balaban J connectivity index is 1.94. The summed E-state index contributed by atoms with van der Waals surface area (Å²) in [6.07, 6.45) is 8.85. The number of rotatable bonds is 10. The smallest absolute Gasteiger partial charge is 0.191 e. The minimum absolute atomic E-state index is 0.581. The van der Waals surface area contributed by atoms with E-state index in [1.807, 2.05) is 7.05 Å². The molecule has 1 aliphatic carbocycles. The first-order valence-corrected chi connectivity index (χ1v) is 8.49. The summed E-state index contributed by atoms with van der Waals surface area (Å²) in [6, 6.07) is 0.581. The van der Waals surface area contributed by atoms with Crippen LogP contribution in [0.25, 0.3) is 0 Å². The van der Waals surface area contributed by atoms with Crippen molar-refractivity contribution in [1.29, 1.82) is 0 Å². The molecule has 1 aliphatic rings. The average molecular weight is 299 g/mol. The summed E-state index contributed by atoms with van der Waals surface area (Å²) in [7, 11) is 1.82. The van der Waals surface area contributed by atoms with E-state index in [1.165, 1.54) is 38.5 Å². The maximum Gasteiger partial charge on any atom is 0.191 e. The third-order valence-electron chi connectivity index (χ3n) is 3.72. The number of nitrogens with zero attached hydrogens (tertiary/aromatic N) is 1. The number of hydrogen-bond acceptors (Lipinski definition) is 3. The van der Waals surface area contributed by atoms with Crippen molar-refractivity contribution in [2.45, 2.75) is 57.9 Å². The highest BCUT2D eigenvalue weighted by Crippen LogP contribution is 2.17. The van der Waals surface area contributed by atoms with Gasteiger partial charge in [-0.2, -0.15) is 0 Å². The fourth-order valence-electron chi connectivity index (χ4n) is 2.44. The van der Waals surface area contributed by atoms with Gasteiger partial charge in [0.1, 0.15) is 0 Å². The number of nitrogens with one attached hydrogen (secondary N) is 2. The summed E-state index contributed by atoms with van der Waals surface area (Å²) in [6.45, 7) is 5.83. The van der Waals surface area contributed by atoms with Gasteiger partial charge in [-0.15, -0.1) is 0 Å². The molecule has 0 bridgehead atoms. The van der Waals surface area contributed by atoms with E-state index in [4.69, 9.17) is 9.47 Å². The third-order valence-corrected chi connectivity index (χ3v) is 3.72. The molecule has 0 aromatic heterocycles. The Morgan fingerprint density at radius 1 is 1.05 bits per heavy atom. The zero-order chi connectivity index (χ0) is 15.2. The van der Waals surface area contributed by atoms with E-state index in [-0.39, 0.29) is 0 Å². The van der Waals surface area contributed by atoms with Crippen molar-refractivity contribution in [1.82, 2.24) is 10.6 Å². The second kappa shape index (κ2) is 12.9. The number of guanidine groups is 1. The maximum atomic E-state index is 5.53. The normalized spacial score (nSPS) is 17.0. The van der Waals surface area contributed by atoms with Crippen LogP contribution >= 0.6 is 0 Å². The Morgan fingerprint density at radius 2 is 1.76 bits per heavy atom. The molecule has 0 spiro atoms. The Labute approximate surface area is 129 Å². The summed E-state index contributed by atoms with van der Waals surface area (Å²) < 4.78 is 11.0. The highest BCUT2D eigenvalue weighted by Gasteiger charge is 2.13. The summed E-state index contributed by atoms with van der Waals surface area (Å²) in [5.74, 6) is 0.893. The third kappa shape index (κ3) is 9.69. The second-order valence-corrected chi connectivity index (χ2v) is 5.56. The molecule has 0 amide bonds. The molecule has 0 aromatic carbocycles. The number of hydrogen-bond donors (Lipinski definition) is 2. The van der Waals surface area contributed by atoms with Crippen molar-refractivity contribution in [3.8, 4) is 0 Å². The van der Waals surface area contributed by atoms with Gasteiger partial charge in [0.2, 0.25) is 0 Å². The van der Waals surface area contributed by atoms with Gasteiger partial charge in [-0.05, 0) is 19.3 Å². The average Bonchev–Trinajstić information content (AvgIpc) is 2.53. The molecule has 5 heteroatoms. The molecule has 1 saturated carbocycles. The van der Waals surface area contributed by atoms with Gasteiger partial charge in [0.15, 0.2) is 5.96 Å². The minimum atomic E-state index is 0.581. The molecule has 0 atom stereocenters. The van der Waals surface area contributed by atoms with Crippen LogP contribution in [0.3, 0.4) is 0 Å². The van der Waals surface area contributed by atoms with Crippen LogP contribution in [0.5, 0.6) is 0 Å². The Bertz CT molecular complexity index is 266. The molecular weight excluding hydrogens is 266 g/mol. The molecule has 124 valence electrons. The first kappa shape index (κ1) is 18.2. The first-order chi connectivity index (χ1) is 10.4. The molecule has 0 radical (unpaired) electrons. The van der Waals surface area contributed by atoms with Crippen molar-refractivity contribution >= 4 is 5.96 Å².